The largest absolute Gasteiger partial charge is 1.00 e. The zero-order valence-corrected chi connectivity index (χ0v) is 8.17. The number of aliphatic carboxylic acids is 1. The monoisotopic (exact) mass is 296 g/mol. The van der Waals surface area contributed by atoms with Crippen molar-refractivity contribution in [1.29, 1.82) is 0 Å². The van der Waals surface area contributed by atoms with E-state index in [1.807, 2.05) is 0 Å². The van der Waals surface area contributed by atoms with Gasteiger partial charge in [0, 0.05) is 12.4 Å². The van der Waals surface area contributed by atoms with E-state index < -0.39 is 19.1 Å². The third-order valence-electron chi connectivity index (χ3n) is 0.299. The van der Waals surface area contributed by atoms with Crippen LogP contribution in [-0.4, -0.2) is 39.9 Å². The fourth-order valence-corrected chi connectivity index (χ4v) is 0.0772. The molecule has 0 aromatic rings. The van der Waals surface area contributed by atoms with E-state index in [2.05, 4.69) is 0 Å². The van der Waals surface area contributed by atoms with Crippen LogP contribution in [0.1, 0.15) is 6.42 Å². The summed E-state index contributed by atoms with van der Waals surface area (Å²) < 4.78 is 10.8. The van der Waals surface area contributed by atoms with Gasteiger partial charge in [0.05, 0.1) is 6.67 Å². The Labute approximate surface area is 60.9 Å². The molecular weight excluding hydrogens is 291 g/mol. The van der Waals surface area contributed by atoms with Gasteiger partial charge in [-0.2, -0.15) is 0 Å². The number of rotatable bonds is 2. The third kappa shape index (κ3) is 10.7. The molecule has 0 bridgehead atoms. The van der Waals surface area contributed by atoms with Gasteiger partial charge in [0.15, 0.2) is 0 Å². The van der Waals surface area contributed by atoms with Crippen LogP contribution in [0.15, 0.2) is 0 Å². The Hall–Kier alpha value is 0.322. The number of carbonyl (C=O) groups excluding carboxylic acids is 1. The van der Waals surface area contributed by atoms with Crippen molar-refractivity contribution < 1.29 is 14.3 Å². The SMILES string of the molecule is O=C([O-])CCF.[Tl+]. The van der Waals surface area contributed by atoms with Gasteiger partial charge in [-0.05, 0) is 0 Å². The molecule has 0 atom stereocenters. The van der Waals surface area contributed by atoms with Crippen molar-refractivity contribution in [3.63, 3.8) is 0 Å². The first kappa shape index (κ1) is 10.3. The number of alkyl halides is 1. The van der Waals surface area contributed by atoms with E-state index in [0.29, 0.717) is 0 Å². The van der Waals surface area contributed by atoms with E-state index in [1.165, 1.54) is 0 Å². The molecule has 4 heteroatoms. The molecule has 0 aliphatic rings. The smallest absolute Gasteiger partial charge is 0.550 e. The molecule has 0 rings (SSSR count). The molecule has 0 aromatic carbocycles. The average Bonchev–Trinajstić information content (AvgIpc) is 1.35. The molecule has 0 unspecified atom stereocenters. The maximum atomic E-state index is 10.8. The maximum Gasteiger partial charge on any atom is 1.00 e. The number of carboxylic acids is 1. The van der Waals surface area contributed by atoms with Gasteiger partial charge >= 0.3 is 27.3 Å². The van der Waals surface area contributed by atoms with Crippen LogP contribution in [-0.2, 0) is 4.79 Å². The van der Waals surface area contributed by atoms with Crippen LogP contribution in [0.2, 0.25) is 0 Å². The Morgan fingerprint density at radius 3 is 2.14 bits per heavy atom. The van der Waals surface area contributed by atoms with Gasteiger partial charge in [-0.25, -0.2) is 0 Å². The predicted molar refractivity (Wildman–Crippen MR) is 21.4 cm³/mol. The number of halogens is 1. The summed E-state index contributed by atoms with van der Waals surface area (Å²) in [5.41, 5.74) is 0. The Bertz CT molecular complexity index is 56.9. The van der Waals surface area contributed by atoms with Crippen molar-refractivity contribution in [1.82, 2.24) is 0 Å². The Kier molecular flexibility index (Phi) is 9.33. The molecule has 0 saturated heterocycles. The molecular formula is C3H4FO2Tl. The molecule has 0 amide bonds. The van der Waals surface area contributed by atoms with Crippen LogP contribution in [0.3, 0.4) is 0 Å². The van der Waals surface area contributed by atoms with E-state index in [-0.39, 0.29) is 27.3 Å². The van der Waals surface area contributed by atoms with Gasteiger partial charge in [-0.1, -0.05) is 0 Å². The molecule has 0 spiro atoms. The van der Waals surface area contributed by atoms with Gasteiger partial charge in [0.25, 0.3) is 0 Å². The summed E-state index contributed by atoms with van der Waals surface area (Å²) in [4.78, 5) is 9.25. The summed E-state index contributed by atoms with van der Waals surface area (Å²) >= 11 is 0. The standard InChI is InChI=1S/C3H5FO2.Tl/c4-2-1-3(5)6;/h1-2H2,(H,5,6);/q;+1/p-1. The second-order valence-electron chi connectivity index (χ2n) is 0.811. The van der Waals surface area contributed by atoms with Crippen molar-refractivity contribution in [2.75, 3.05) is 6.67 Å². The van der Waals surface area contributed by atoms with Crippen LogP contribution >= 0.6 is 0 Å². The van der Waals surface area contributed by atoms with Gasteiger partial charge in [0.1, 0.15) is 0 Å². The molecule has 38 valence electrons. The number of carboxylic acid groups (broad SMARTS) is 1. The molecule has 0 aliphatic carbocycles. The zero-order chi connectivity index (χ0) is 4.99. The van der Waals surface area contributed by atoms with E-state index in [4.69, 9.17) is 0 Å². The number of carbonyl (C=O) groups is 1. The van der Waals surface area contributed by atoms with Gasteiger partial charge < -0.3 is 9.90 Å². The molecule has 2 nitrogen and oxygen atoms in total. The number of hydrogen-bond donors (Lipinski definition) is 0. The summed E-state index contributed by atoms with van der Waals surface area (Å²) in [6.45, 7) is -0.831. The summed E-state index contributed by atoms with van der Waals surface area (Å²) in [5.74, 6) is -1.34. The minimum atomic E-state index is -1.34. The molecule has 0 N–H and O–H groups in total. The Balaban J connectivity index is 0. The van der Waals surface area contributed by atoms with E-state index in [9.17, 15) is 14.3 Å². The molecule has 0 aliphatic heterocycles. The number of hydrogen-bond acceptors (Lipinski definition) is 2. The molecule has 0 fully saturated rings. The maximum absolute atomic E-state index is 10.8. The molecule has 0 heterocycles. The van der Waals surface area contributed by atoms with Crippen molar-refractivity contribution in [3.05, 3.63) is 0 Å². The van der Waals surface area contributed by atoms with Crippen LogP contribution in [0.4, 0.5) is 4.39 Å². The Morgan fingerprint density at radius 2 is 2.14 bits per heavy atom. The van der Waals surface area contributed by atoms with Crippen molar-refractivity contribution in [3.8, 4) is 0 Å². The molecule has 7 heavy (non-hydrogen) atoms. The van der Waals surface area contributed by atoms with E-state index >= 15 is 0 Å². The minimum absolute atomic E-state index is 0. The van der Waals surface area contributed by atoms with Crippen molar-refractivity contribution in [2.45, 2.75) is 6.42 Å². The molecule has 0 aromatic heterocycles. The Morgan fingerprint density at radius 1 is 1.71 bits per heavy atom. The second kappa shape index (κ2) is 6.32. The molecule has 0 saturated carbocycles. The summed E-state index contributed by atoms with van der Waals surface area (Å²) in [6.07, 6.45) is -0.486. The first-order valence-corrected chi connectivity index (χ1v) is 1.53. The van der Waals surface area contributed by atoms with Crippen molar-refractivity contribution in [2.24, 2.45) is 0 Å². The van der Waals surface area contributed by atoms with Crippen LogP contribution in [0.5, 0.6) is 0 Å². The van der Waals surface area contributed by atoms with Gasteiger partial charge in [-0.15, -0.1) is 0 Å². The summed E-state index contributed by atoms with van der Waals surface area (Å²) in [7, 11) is 0. The second-order valence-corrected chi connectivity index (χ2v) is 0.811. The van der Waals surface area contributed by atoms with Crippen LogP contribution in [0, 0.1) is 0 Å². The fourth-order valence-electron chi connectivity index (χ4n) is 0.0772. The van der Waals surface area contributed by atoms with E-state index in [1.54, 1.807) is 0 Å². The first-order chi connectivity index (χ1) is 2.77. The van der Waals surface area contributed by atoms with Crippen LogP contribution in [0.25, 0.3) is 0 Å². The molecule has 0 radical (unpaired) electrons. The fraction of sp³-hybridized carbons (Fsp3) is 0.667. The zero-order valence-electron chi connectivity index (χ0n) is 3.69. The quantitative estimate of drug-likeness (QED) is 0.595. The third-order valence-corrected chi connectivity index (χ3v) is 0.299. The predicted octanol–water partition coefficient (Wildman–Crippen LogP) is -1.28. The normalized spacial score (nSPS) is 7.00. The van der Waals surface area contributed by atoms with Gasteiger partial charge in [0.2, 0.25) is 0 Å². The van der Waals surface area contributed by atoms with Crippen LogP contribution < -0.4 is 5.11 Å². The van der Waals surface area contributed by atoms with E-state index in [0.717, 1.165) is 0 Å². The summed E-state index contributed by atoms with van der Waals surface area (Å²) in [6, 6.07) is 0. The topological polar surface area (TPSA) is 40.1 Å². The minimum Gasteiger partial charge on any atom is -0.550 e. The first-order valence-electron chi connectivity index (χ1n) is 1.53. The van der Waals surface area contributed by atoms with Crippen molar-refractivity contribution >= 4 is 33.3 Å². The van der Waals surface area contributed by atoms with Gasteiger partial charge in [-0.3, -0.25) is 4.39 Å². The average molecular weight is 295 g/mol. The summed E-state index contributed by atoms with van der Waals surface area (Å²) in [5, 5.41) is 9.25.